The number of carboxylic acid groups (broad SMARTS) is 1. The van der Waals surface area contributed by atoms with Crippen molar-refractivity contribution in [3.05, 3.63) is 70.2 Å². The Morgan fingerprint density at radius 3 is 2.53 bits per heavy atom. The second-order valence-electron chi connectivity index (χ2n) is 9.98. The van der Waals surface area contributed by atoms with Crippen LogP contribution in [0.25, 0.3) is 34.8 Å². The van der Waals surface area contributed by atoms with Gasteiger partial charge in [-0.3, -0.25) is 9.78 Å². The lowest BCUT2D eigenvalue weighted by Crippen LogP contribution is -2.14. The highest BCUT2D eigenvalue weighted by Crippen LogP contribution is 2.39. The summed E-state index contributed by atoms with van der Waals surface area (Å²) in [5.74, 6) is 0.600. The van der Waals surface area contributed by atoms with Crippen molar-refractivity contribution in [2.75, 3.05) is 0 Å². The number of alkyl halides is 3. The van der Waals surface area contributed by atoms with Crippen molar-refractivity contribution in [2.45, 2.75) is 57.0 Å². The third-order valence-corrected chi connectivity index (χ3v) is 7.77. The number of nitrogens with zero attached hydrogens (tertiary/aromatic N) is 2. The summed E-state index contributed by atoms with van der Waals surface area (Å²) in [6.45, 7) is 0. The maximum Gasteiger partial charge on any atom is 0.413 e. The quantitative estimate of drug-likeness (QED) is 0.329. The molecule has 2 heterocycles. The summed E-state index contributed by atoms with van der Waals surface area (Å²) in [4.78, 5) is 22.8. The molecule has 9 heteroatoms. The molecule has 0 unspecified atom stereocenters. The molecule has 5 nitrogen and oxygen atoms in total. The number of benzene rings is 1. The highest BCUT2D eigenvalue weighted by molar-refractivity contribution is 6.33. The van der Waals surface area contributed by atoms with Crippen LogP contribution in [0.5, 0.6) is 0 Å². The van der Waals surface area contributed by atoms with E-state index in [-0.39, 0.29) is 18.5 Å². The summed E-state index contributed by atoms with van der Waals surface area (Å²) in [7, 11) is 0. The van der Waals surface area contributed by atoms with Gasteiger partial charge in [0.15, 0.2) is 0 Å². The van der Waals surface area contributed by atoms with Crippen LogP contribution in [-0.4, -0.2) is 32.2 Å². The zero-order valence-electron chi connectivity index (χ0n) is 20.6. The molecule has 1 saturated carbocycles. The van der Waals surface area contributed by atoms with Crippen molar-refractivity contribution in [3.63, 3.8) is 0 Å². The third-order valence-electron chi connectivity index (χ3n) is 7.46. The van der Waals surface area contributed by atoms with Crippen molar-refractivity contribution in [1.29, 1.82) is 0 Å². The van der Waals surface area contributed by atoms with E-state index in [1.165, 1.54) is 11.6 Å². The summed E-state index contributed by atoms with van der Waals surface area (Å²) in [5.41, 5.74) is 3.44. The Labute approximate surface area is 223 Å². The Kier molecular flexibility index (Phi) is 7.43. The molecule has 2 aliphatic rings. The molecule has 0 aliphatic heterocycles. The largest absolute Gasteiger partial charge is 0.481 e. The fourth-order valence-corrected chi connectivity index (χ4v) is 5.54. The lowest BCUT2D eigenvalue weighted by Gasteiger charge is -2.28. The fraction of sp³-hybridized carbons (Fsp3) is 0.345. The van der Waals surface area contributed by atoms with Gasteiger partial charge >= 0.3 is 12.1 Å². The van der Waals surface area contributed by atoms with Crippen LogP contribution in [0.2, 0.25) is 5.02 Å². The first-order valence-electron chi connectivity index (χ1n) is 12.7. The normalized spacial score (nSPS) is 19.5. The second kappa shape index (κ2) is 10.8. The number of fused-ring (bicyclic) bond motifs is 1. The second-order valence-corrected chi connectivity index (χ2v) is 10.4. The number of pyridine rings is 1. The van der Waals surface area contributed by atoms with Crippen LogP contribution in [0.15, 0.2) is 48.2 Å². The maximum atomic E-state index is 13.2. The van der Waals surface area contributed by atoms with Gasteiger partial charge in [-0.25, -0.2) is 4.98 Å². The number of hydrogen-bond acceptors (Lipinski definition) is 3. The Morgan fingerprint density at radius 1 is 1.13 bits per heavy atom. The Bertz CT molecular complexity index is 1390. The third kappa shape index (κ3) is 5.85. The van der Waals surface area contributed by atoms with E-state index in [2.05, 4.69) is 27.1 Å². The molecule has 0 radical (unpaired) electrons. The number of nitrogens with one attached hydrogen (secondary N) is 1. The van der Waals surface area contributed by atoms with Crippen LogP contribution >= 0.6 is 11.6 Å². The van der Waals surface area contributed by atoms with Crippen molar-refractivity contribution < 1.29 is 23.1 Å². The number of aliphatic carboxylic acids is 1. The zero-order chi connectivity index (χ0) is 26.9. The molecule has 0 atom stereocenters. The van der Waals surface area contributed by atoms with Gasteiger partial charge in [0.2, 0.25) is 0 Å². The van der Waals surface area contributed by atoms with E-state index >= 15 is 0 Å². The summed E-state index contributed by atoms with van der Waals surface area (Å²) in [6.07, 6.45) is 6.31. The number of H-pyrrole nitrogens is 1. The molecule has 1 fully saturated rings. The van der Waals surface area contributed by atoms with E-state index in [9.17, 15) is 18.0 Å². The summed E-state index contributed by atoms with van der Waals surface area (Å²) < 4.78 is 39.7. The maximum absolute atomic E-state index is 13.2. The van der Waals surface area contributed by atoms with Crippen molar-refractivity contribution in [3.8, 4) is 22.6 Å². The lowest BCUT2D eigenvalue weighted by molar-refractivity contribution is -0.137. The zero-order valence-corrected chi connectivity index (χ0v) is 21.3. The fourth-order valence-electron chi connectivity index (χ4n) is 5.29. The van der Waals surface area contributed by atoms with Crippen molar-refractivity contribution in [2.24, 2.45) is 5.92 Å². The van der Waals surface area contributed by atoms with Gasteiger partial charge < -0.3 is 10.1 Å². The summed E-state index contributed by atoms with van der Waals surface area (Å²) in [6, 6.07) is 10.0. The Morgan fingerprint density at radius 2 is 1.87 bits per heavy atom. The van der Waals surface area contributed by atoms with Gasteiger partial charge in [-0.2, -0.15) is 13.2 Å². The standard InChI is InChI=1S/C29H27ClF3N3O2/c30-23-15-25(20-11-9-19(10-12-20)18-7-4-17(5-8-18)6-13-27(37)38)34-16-22(23)28-35-24-3-1-2-21(29(31,32)33)14-26(24)36-28/h1,3,9-12,14-18H,2,4-8,13H2,(H,35,36)(H,37,38). The van der Waals surface area contributed by atoms with Crippen molar-refractivity contribution in [1.82, 2.24) is 15.0 Å². The topological polar surface area (TPSA) is 78.9 Å². The summed E-state index contributed by atoms with van der Waals surface area (Å²) >= 11 is 6.57. The molecule has 0 amide bonds. The molecule has 0 spiro atoms. The lowest BCUT2D eigenvalue weighted by atomic mass is 9.77. The number of rotatable bonds is 6. The first-order valence-corrected chi connectivity index (χ1v) is 13.1. The van der Waals surface area contributed by atoms with Gasteiger partial charge in [-0.05, 0) is 74.1 Å². The van der Waals surface area contributed by atoms with E-state index in [1.807, 2.05) is 12.1 Å². The van der Waals surface area contributed by atoms with Gasteiger partial charge in [0.1, 0.15) is 5.82 Å². The smallest absolute Gasteiger partial charge is 0.413 e. The van der Waals surface area contributed by atoms with E-state index in [1.54, 1.807) is 18.3 Å². The van der Waals surface area contributed by atoms with Gasteiger partial charge in [0, 0.05) is 23.8 Å². The molecule has 3 aromatic rings. The number of aromatic nitrogens is 3. The average molecular weight is 542 g/mol. The average Bonchev–Trinajstić information content (AvgIpc) is 3.17. The molecule has 2 N–H and O–H groups in total. The molecule has 5 rings (SSSR count). The first-order chi connectivity index (χ1) is 18.2. The number of halogens is 4. The SMILES string of the molecule is O=C(O)CCC1CCC(c2ccc(-c3cc(Cl)c(-c4nc5c([nH]4)C=C(C(F)(F)F)CC=C5)cn3)cc2)CC1. The number of hydrogen-bond donors (Lipinski definition) is 2. The molecule has 198 valence electrons. The molecule has 0 saturated heterocycles. The Balaban J connectivity index is 1.29. The van der Waals surface area contributed by atoms with Crippen LogP contribution in [0.1, 0.15) is 67.8 Å². The van der Waals surface area contributed by atoms with Crippen LogP contribution in [0, 0.1) is 5.92 Å². The molecule has 1 aromatic carbocycles. The van der Waals surface area contributed by atoms with Crippen molar-refractivity contribution >= 4 is 29.7 Å². The van der Waals surface area contributed by atoms with E-state index in [0.717, 1.165) is 43.7 Å². The molecule has 2 aromatic heterocycles. The molecule has 0 bridgehead atoms. The van der Waals surface area contributed by atoms with Gasteiger partial charge in [-0.1, -0.05) is 41.9 Å². The number of aromatic amines is 1. The van der Waals surface area contributed by atoms with E-state index in [4.69, 9.17) is 16.7 Å². The highest BCUT2D eigenvalue weighted by atomic mass is 35.5. The molecule has 2 aliphatic carbocycles. The monoisotopic (exact) mass is 541 g/mol. The minimum absolute atomic E-state index is 0.201. The first kappa shape index (κ1) is 26.2. The highest BCUT2D eigenvalue weighted by Gasteiger charge is 2.33. The van der Waals surface area contributed by atoms with E-state index in [0.29, 0.717) is 39.6 Å². The van der Waals surface area contributed by atoms with Crippen LogP contribution in [0.4, 0.5) is 13.2 Å². The minimum Gasteiger partial charge on any atom is -0.481 e. The minimum atomic E-state index is -4.41. The van der Waals surface area contributed by atoms with Crippen LogP contribution in [-0.2, 0) is 4.79 Å². The number of allylic oxidation sites excluding steroid dienone is 2. The number of carbonyl (C=O) groups is 1. The van der Waals surface area contributed by atoms with E-state index < -0.39 is 17.7 Å². The number of carboxylic acids is 1. The predicted octanol–water partition coefficient (Wildman–Crippen LogP) is 8.29. The molecular formula is C29H27ClF3N3O2. The van der Waals surface area contributed by atoms with Crippen LogP contribution in [0.3, 0.4) is 0 Å². The van der Waals surface area contributed by atoms with Gasteiger partial charge in [-0.15, -0.1) is 0 Å². The number of imidazole rings is 1. The van der Waals surface area contributed by atoms with Gasteiger partial charge in [0.05, 0.1) is 27.7 Å². The van der Waals surface area contributed by atoms with Gasteiger partial charge in [0.25, 0.3) is 0 Å². The predicted molar refractivity (Wildman–Crippen MR) is 142 cm³/mol. The summed E-state index contributed by atoms with van der Waals surface area (Å²) in [5, 5.41) is 9.30. The molecule has 38 heavy (non-hydrogen) atoms. The van der Waals surface area contributed by atoms with Crippen LogP contribution < -0.4 is 0 Å². The Hall–Kier alpha value is -3.39. The molecular weight excluding hydrogens is 515 g/mol.